The number of nitrogens with zero attached hydrogens (tertiary/aromatic N) is 4. The molecular weight excluding hydrogens is 480 g/mol. The number of oxazole rings is 1. The molecule has 0 radical (unpaired) electrons. The average molecular weight is 509 g/mol. The zero-order valence-electron chi connectivity index (χ0n) is 21.3. The minimum absolute atomic E-state index is 0.213. The first-order valence-electron chi connectivity index (χ1n) is 12.8. The maximum absolute atomic E-state index is 11.2. The van der Waals surface area contributed by atoms with Crippen LogP contribution in [0.1, 0.15) is 40.2 Å². The predicted octanol–water partition coefficient (Wildman–Crippen LogP) is 5.60. The van der Waals surface area contributed by atoms with Crippen molar-refractivity contribution in [1.29, 1.82) is 0 Å². The number of aliphatic hydroxyl groups excluding tert-OH is 1. The van der Waals surface area contributed by atoms with Gasteiger partial charge in [-0.15, -0.1) is 0 Å². The molecule has 8 heteroatoms. The number of benzene rings is 3. The van der Waals surface area contributed by atoms with Crippen molar-refractivity contribution in [3.8, 4) is 34.0 Å². The molecule has 1 aliphatic rings. The molecule has 0 bridgehead atoms. The largest absolute Gasteiger partial charge is 0.436 e. The summed E-state index contributed by atoms with van der Waals surface area (Å²) in [5, 5.41) is 14.0. The van der Waals surface area contributed by atoms with Crippen LogP contribution in [0.25, 0.3) is 45.1 Å². The summed E-state index contributed by atoms with van der Waals surface area (Å²) >= 11 is 0. The normalized spacial score (nSPS) is 14.8. The van der Waals surface area contributed by atoms with Crippen LogP contribution < -0.4 is 0 Å². The van der Waals surface area contributed by atoms with E-state index in [1.807, 2.05) is 24.3 Å². The van der Waals surface area contributed by atoms with Gasteiger partial charge in [0.05, 0.1) is 12.6 Å². The third kappa shape index (κ3) is 4.53. The van der Waals surface area contributed by atoms with Gasteiger partial charge in [0, 0.05) is 29.8 Å². The van der Waals surface area contributed by atoms with Crippen LogP contribution in [0.2, 0.25) is 0 Å². The van der Waals surface area contributed by atoms with Gasteiger partial charge in [0.1, 0.15) is 11.8 Å². The minimum atomic E-state index is -0.213. The predicted molar refractivity (Wildman–Crippen MR) is 144 cm³/mol. The summed E-state index contributed by atoms with van der Waals surface area (Å²) < 4.78 is 11.6. The van der Waals surface area contributed by atoms with E-state index < -0.39 is 0 Å². The number of carbonyl (C=O) groups is 1. The number of hydrogen-bond acceptors (Lipinski definition) is 8. The molecule has 38 heavy (non-hydrogen) atoms. The van der Waals surface area contributed by atoms with Gasteiger partial charge in [-0.25, -0.2) is 4.98 Å². The summed E-state index contributed by atoms with van der Waals surface area (Å²) in [6, 6.07) is 17.4. The highest BCUT2D eigenvalue weighted by Gasteiger charge is 2.21. The minimum Gasteiger partial charge on any atom is -0.436 e. The topological polar surface area (TPSA) is 105 Å². The lowest BCUT2D eigenvalue weighted by atomic mass is 9.91. The molecule has 5 aromatic rings. The first-order chi connectivity index (χ1) is 18.5. The van der Waals surface area contributed by atoms with Gasteiger partial charge in [-0.1, -0.05) is 35.5 Å². The molecule has 0 atom stereocenters. The molecule has 3 aromatic carbocycles. The maximum atomic E-state index is 11.2. The fourth-order valence-electron chi connectivity index (χ4n) is 5.16. The number of fused-ring (bicyclic) bond motifs is 1. The first kappa shape index (κ1) is 24.2. The second-order valence-corrected chi connectivity index (χ2v) is 9.84. The molecule has 1 fully saturated rings. The second kappa shape index (κ2) is 9.96. The van der Waals surface area contributed by atoms with Crippen molar-refractivity contribution in [2.24, 2.45) is 0 Å². The zero-order valence-corrected chi connectivity index (χ0v) is 21.3. The van der Waals surface area contributed by atoms with Crippen molar-refractivity contribution in [2.75, 3.05) is 13.1 Å². The van der Waals surface area contributed by atoms with E-state index in [2.05, 4.69) is 46.0 Å². The van der Waals surface area contributed by atoms with Gasteiger partial charge in [0.25, 0.3) is 0 Å². The molecular formula is C30H28N4O4. The molecule has 0 amide bonds. The van der Waals surface area contributed by atoms with Gasteiger partial charge < -0.3 is 14.0 Å². The molecule has 0 spiro atoms. The van der Waals surface area contributed by atoms with E-state index in [-0.39, 0.29) is 6.10 Å². The summed E-state index contributed by atoms with van der Waals surface area (Å²) in [5.41, 5.74) is 7.89. The molecule has 1 N–H and O–H groups in total. The Bertz CT molecular complexity index is 1630. The number of rotatable bonds is 6. The summed E-state index contributed by atoms with van der Waals surface area (Å²) in [7, 11) is 0. The SMILES string of the molecule is Cc1c(-c2noc(CN3CCC(O)CC3)n2)cccc1-c1cccc(-c2nc3cc(C=O)ccc3o2)c1C. The molecule has 192 valence electrons. The quantitative estimate of drug-likeness (QED) is 0.296. The van der Waals surface area contributed by atoms with E-state index >= 15 is 0 Å². The van der Waals surface area contributed by atoms with Crippen LogP contribution in [-0.4, -0.2) is 50.6 Å². The van der Waals surface area contributed by atoms with Crippen molar-refractivity contribution in [3.63, 3.8) is 0 Å². The summed E-state index contributed by atoms with van der Waals surface area (Å²) in [6.07, 6.45) is 2.13. The Morgan fingerprint density at radius 1 is 0.947 bits per heavy atom. The third-order valence-electron chi connectivity index (χ3n) is 7.36. The van der Waals surface area contributed by atoms with Gasteiger partial charge in [-0.05, 0) is 73.2 Å². The first-order valence-corrected chi connectivity index (χ1v) is 12.8. The Hall–Kier alpha value is -4.14. The molecule has 0 unspecified atom stereocenters. The van der Waals surface area contributed by atoms with Crippen LogP contribution in [0.15, 0.2) is 63.5 Å². The van der Waals surface area contributed by atoms with Crippen LogP contribution in [-0.2, 0) is 6.54 Å². The van der Waals surface area contributed by atoms with Crippen LogP contribution >= 0.6 is 0 Å². The molecule has 6 rings (SSSR count). The number of piperidine rings is 1. The fraction of sp³-hybridized carbons (Fsp3) is 0.267. The van der Waals surface area contributed by atoms with E-state index in [1.165, 1.54) is 0 Å². The lowest BCUT2D eigenvalue weighted by Crippen LogP contribution is -2.35. The van der Waals surface area contributed by atoms with Gasteiger partial charge in [0.2, 0.25) is 17.6 Å². The van der Waals surface area contributed by atoms with Gasteiger partial charge >= 0.3 is 0 Å². The number of likely N-dealkylation sites (tertiary alicyclic amines) is 1. The molecule has 2 aromatic heterocycles. The molecule has 1 aliphatic heterocycles. The van der Waals surface area contributed by atoms with Crippen LogP contribution in [0, 0.1) is 13.8 Å². The van der Waals surface area contributed by atoms with Crippen molar-refractivity contribution in [1.82, 2.24) is 20.0 Å². The number of aliphatic hydroxyl groups is 1. The number of carbonyl (C=O) groups excluding carboxylic acids is 1. The van der Waals surface area contributed by atoms with Gasteiger partial charge in [-0.2, -0.15) is 4.98 Å². The highest BCUT2D eigenvalue weighted by molar-refractivity contribution is 5.86. The van der Waals surface area contributed by atoms with Crippen molar-refractivity contribution in [2.45, 2.75) is 39.3 Å². The second-order valence-electron chi connectivity index (χ2n) is 9.84. The van der Waals surface area contributed by atoms with E-state index in [1.54, 1.807) is 18.2 Å². The monoisotopic (exact) mass is 508 g/mol. The Morgan fingerprint density at radius 2 is 1.63 bits per heavy atom. The summed E-state index contributed by atoms with van der Waals surface area (Å²) in [4.78, 5) is 22.7. The van der Waals surface area contributed by atoms with E-state index in [0.717, 1.165) is 65.6 Å². The van der Waals surface area contributed by atoms with Crippen LogP contribution in [0.3, 0.4) is 0 Å². The van der Waals surface area contributed by atoms with Crippen molar-refractivity contribution in [3.05, 3.63) is 77.2 Å². The highest BCUT2D eigenvalue weighted by Crippen LogP contribution is 2.36. The van der Waals surface area contributed by atoms with Crippen molar-refractivity contribution < 1.29 is 18.8 Å². The Labute approximate surface area is 219 Å². The number of hydrogen-bond donors (Lipinski definition) is 1. The van der Waals surface area contributed by atoms with E-state index in [4.69, 9.17) is 8.94 Å². The molecule has 0 saturated carbocycles. The molecule has 0 aliphatic carbocycles. The smallest absolute Gasteiger partial charge is 0.241 e. The Morgan fingerprint density at radius 3 is 2.37 bits per heavy atom. The molecule has 1 saturated heterocycles. The lowest BCUT2D eigenvalue weighted by Gasteiger charge is -2.27. The maximum Gasteiger partial charge on any atom is 0.241 e. The summed E-state index contributed by atoms with van der Waals surface area (Å²) in [5.74, 6) is 1.66. The van der Waals surface area contributed by atoms with Crippen LogP contribution in [0.5, 0.6) is 0 Å². The third-order valence-corrected chi connectivity index (χ3v) is 7.36. The molecule has 8 nitrogen and oxygen atoms in total. The number of aldehydes is 1. The van der Waals surface area contributed by atoms with Gasteiger partial charge in [0.15, 0.2) is 5.58 Å². The Kier molecular flexibility index (Phi) is 6.35. The highest BCUT2D eigenvalue weighted by atomic mass is 16.5. The number of aromatic nitrogens is 3. The Balaban J connectivity index is 1.32. The van der Waals surface area contributed by atoms with Crippen molar-refractivity contribution >= 4 is 17.4 Å². The molecule has 3 heterocycles. The zero-order chi connectivity index (χ0) is 26.2. The fourth-order valence-corrected chi connectivity index (χ4v) is 5.16. The van der Waals surface area contributed by atoms with Crippen LogP contribution in [0.4, 0.5) is 0 Å². The lowest BCUT2D eigenvalue weighted by molar-refractivity contribution is 0.0740. The van der Waals surface area contributed by atoms with E-state index in [0.29, 0.717) is 40.8 Å². The average Bonchev–Trinajstić information content (AvgIpc) is 3.57. The summed E-state index contributed by atoms with van der Waals surface area (Å²) in [6.45, 7) is 6.35. The van der Waals surface area contributed by atoms with Gasteiger partial charge in [-0.3, -0.25) is 9.69 Å². The standard InChI is InChI=1S/C30H28N4O4/c1-18-22(5-3-7-24(18)29-32-28(38-33-29)16-34-13-11-21(36)12-14-34)23-6-4-8-25(19(23)2)30-31-26-15-20(17-35)9-10-27(26)37-30/h3-10,15,17,21,36H,11-14,16H2,1-2H3. The van der Waals surface area contributed by atoms with E-state index in [9.17, 15) is 9.90 Å².